The summed E-state index contributed by atoms with van der Waals surface area (Å²) in [6.45, 7) is 11.7. The molecule has 1 aromatic carbocycles. The number of carbonyl (C=O) groups is 3. The molecule has 3 fully saturated rings. The summed E-state index contributed by atoms with van der Waals surface area (Å²) in [7, 11) is 0. The van der Waals surface area contributed by atoms with E-state index in [0.29, 0.717) is 17.1 Å². The third-order valence-electron chi connectivity index (χ3n) is 8.41. The number of esters is 1. The van der Waals surface area contributed by atoms with Crippen LogP contribution < -0.4 is 4.90 Å². The van der Waals surface area contributed by atoms with Gasteiger partial charge < -0.3 is 19.6 Å². The average Bonchev–Trinajstić information content (AvgIpc) is 3.51. The Morgan fingerprint density at radius 2 is 2.14 bits per heavy atom. The van der Waals surface area contributed by atoms with Gasteiger partial charge in [-0.1, -0.05) is 50.1 Å². The van der Waals surface area contributed by atoms with Gasteiger partial charge in [0.1, 0.15) is 6.04 Å². The summed E-state index contributed by atoms with van der Waals surface area (Å²) in [5.74, 6) is -2.18. The second-order valence-electron chi connectivity index (χ2n) is 10.3. The molecular formula is C28H37ClN2O5S. The zero-order valence-electron chi connectivity index (χ0n) is 22.0. The van der Waals surface area contributed by atoms with Gasteiger partial charge in [-0.25, -0.2) is 0 Å². The summed E-state index contributed by atoms with van der Waals surface area (Å²) < 4.78 is 4.63. The molecule has 7 atom stereocenters. The van der Waals surface area contributed by atoms with Crippen molar-refractivity contribution >= 4 is 46.8 Å². The number of nitrogens with zero attached hydrogens (tertiary/aromatic N) is 2. The monoisotopic (exact) mass is 548 g/mol. The zero-order valence-corrected chi connectivity index (χ0v) is 23.6. The van der Waals surface area contributed by atoms with Gasteiger partial charge >= 0.3 is 5.97 Å². The highest BCUT2D eigenvalue weighted by atomic mass is 35.5. The van der Waals surface area contributed by atoms with Gasteiger partial charge in [-0.15, -0.1) is 18.3 Å². The van der Waals surface area contributed by atoms with E-state index in [9.17, 15) is 19.5 Å². The molecule has 2 amide bonds. The van der Waals surface area contributed by atoms with Crippen molar-refractivity contribution in [1.29, 1.82) is 0 Å². The van der Waals surface area contributed by atoms with Crippen molar-refractivity contribution in [3.05, 3.63) is 41.4 Å². The lowest BCUT2D eigenvalue weighted by molar-refractivity contribution is -0.154. The van der Waals surface area contributed by atoms with Gasteiger partial charge in [0.15, 0.2) is 0 Å². The van der Waals surface area contributed by atoms with E-state index in [1.807, 2.05) is 32.9 Å². The molecule has 2 bridgehead atoms. The molecule has 0 radical (unpaired) electrons. The summed E-state index contributed by atoms with van der Waals surface area (Å²) in [6.07, 6.45) is 3.75. The number of amides is 2. The van der Waals surface area contributed by atoms with Gasteiger partial charge in [0.05, 0.1) is 46.5 Å². The second kappa shape index (κ2) is 11.0. The number of fused-ring (bicyclic) bond motifs is 1. The summed E-state index contributed by atoms with van der Waals surface area (Å²) in [5, 5.41) is 10.9. The van der Waals surface area contributed by atoms with Crippen molar-refractivity contribution in [2.45, 2.75) is 69.0 Å². The van der Waals surface area contributed by atoms with Crippen LogP contribution >= 0.6 is 23.4 Å². The van der Waals surface area contributed by atoms with E-state index in [1.165, 1.54) is 0 Å². The predicted molar refractivity (Wildman–Crippen MR) is 147 cm³/mol. The second-order valence-corrected chi connectivity index (χ2v) is 12.3. The maximum Gasteiger partial charge on any atom is 0.310 e. The van der Waals surface area contributed by atoms with Crippen LogP contribution in [0.5, 0.6) is 0 Å². The normalized spacial score (nSPS) is 29.7. The molecule has 0 aliphatic carbocycles. The highest BCUT2D eigenvalue weighted by molar-refractivity contribution is 8.02. The maximum atomic E-state index is 14.7. The number of rotatable bonds is 10. The number of thioether (sulfide) groups is 1. The topological polar surface area (TPSA) is 87.2 Å². The number of hydrogen-bond acceptors (Lipinski definition) is 6. The minimum Gasteiger partial charge on any atom is -0.466 e. The SMILES string of the molecule is C=CCN(C(=O)C1N([C@@H](CO)[C@@H](C)CC)C(=O)[C@@H]2[C@@H](C(=O)OCC)[C@H]3CCC12S3)c1c(C)cccc1Cl. The van der Waals surface area contributed by atoms with Crippen LogP contribution in [0, 0.1) is 24.7 Å². The Labute approximate surface area is 228 Å². The zero-order chi connectivity index (χ0) is 27.1. The Kier molecular flexibility index (Phi) is 8.31. The number of hydrogen-bond donors (Lipinski definition) is 1. The lowest BCUT2D eigenvalue weighted by atomic mass is 9.71. The molecule has 3 aliphatic heterocycles. The molecule has 1 aromatic rings. The highest BCUT2D eigenvalue weighted by Gasteiger charge is 2.75. The lowest BCUT2D eigenvalue weighted by Gasteiger charge is -2.41. The molecule has 1 N–H and O–H groups in total. The largest absolute Gasteiger partial charge is 0.466 e. The molecule has 0 saturated carbocycles. The molecule has 3 heterocycles. The standard InChI is InChI=1S/C28H37ClN2O5S/c1-6-14-30(23-17(5)10-9-11-18(23)29)26(34)24-28-13-12-20(37-28)21(27(35)36-8-3)22(28)25(33)31(24)19(15-32)16(4)7-2/h6,9-11,16,19-22,24,32H,1,7-8,12-15H2,2-5H3/t16-,19-,20+,21-,22-,24?,28?/m0/s1. The molecule has 37 heavy (non-hydrogen) atoms. The fraction of sp³-hybridized carbons (Fsp3) is 0.607. The summed E-state index contributed by atoms with van der Waals surface area (Å²) in [4.78, 5) is 45.3. The molecule has 1 spiro atoms. The van der Waals surface area contributed by atoms with E-state index in [0.717, 1.165) is 18.4 Å². The van der Waals surface area contributed by atoms with Crippen molar-refractivity contribution < 1.29 is 24.2 Å². The fourth-order valence-electron chi connectivity index (χ4n) is 6.58. The van der Waals surface area contributed by atoms with Gasteiger partial charge in [-0.3, -0.25) is 14.4 Å². The van der Waals surface area contributed by atoms with Gasteiger partial charge in [0, 0.05) is 11.8 Å². The molecule has 202 valence electrons. The number of ether oxygens (including phenoxy) is 1. The van der Waals surface area contributed by atoms with Crippen LogP contribution in [0.4, 0.5) is 5.69 Å². The molecule has 2 unspecified atom stereocenters. The van der Waals surface area contributed by atoms with E-state index in [-0.39, 0.29) is 48.7 Å². The van der Waals surface area contributed by atoms with Crippen molar-refractivity contribution in [3.8, 4) is 0 Å². The van der Waals surface area contributed by atoms with Crippen LogP contribution in [0.25, 0.3) is 0 Å². The maximum absolute atomic E-state index is 14.7. The number of aliphatic hydroxyl groups is 1. The van der Waals surface area contributed by atoms with Crippen LogP contribution in [-0.4, -0.2) is 69.6 Å². The molecular weight excluding hydrogens is 512 g/mol. The molecule has 0 aromatic heterocycles. The molecule has 4 rings (SSSR count). The van der Waals surface area contributed by atoms with Crippen molar-refractivity contribution in [3.63, 3.8) is 0 Å². The van der Waals surface area contributed by atoms with Crippen molar-refractivity contribution in [2.75, 3.05) is 24.7 Å². The van der Waals surface area contributed by atoms with E-state index >= 15 is 0 Å². The number of benzene rings is 1. The first-order chi connectivity index (χ1) is 17.7. The van der Waals surface area contributed by atoms with Gasteiger partial charge in [-0.05, 0) is 44.2 Å². The first-order valence-electron chi connectivity index (χ1n) is 13.1. The van der Waals surface area contributed by atoms with Crippen molar-refractivity contribution in [1.82, 2.24) is 4.90 Å². The molecule has 7 nitrogen and oxygen atoms in total. The summed E-state index contributed by atoms with van der Waals surface area (Å²) in [5.41, 5.74) is 1.42. The minimum absolute atomic E-state index is 0.0439. The summed E-state index contributed by atoms with van der Waals surface area (Å²) >= 11 is 8.20. The van der Waals surface area contributed by atoms with Gasteiger partial charge in [0.2, 0.25) is 5.91 Å². The Hall–Kier alpha value is -2.03. The Morgan fingerprint density at radius 1 is 1.41 bits per heavy atom. The van der Waals surface area contributed by atoms with E-state index in [2.05, 4.69) is 6.58 Å². The first-order valence-corrected chi connectivity index (χ1v) is 14.4. The van der Waals surface area contributed by atoms with E-state index in [4.69, 9.17) is 16.3 Å². The number of anilines is 1. The third kappa shape index (κ3) is 4.39. The number of aliphatic hydroxyl groups excluding tert-OH is 1. The summed E-state index contributed by atoms with van der Waals surface area (Å²) in [6, 6.07) is 4.08. The van der Waals surface area contributed by atoms with Crippen LogP contribution in [0.15, 0.2) is 30.9 Å². The van der Waals surface area contributed by atoms with E-state index in [1.54, 1.807) is 40.6 Å². The van der Waals surface area contributed by atoms with Crippen LogP contribution in [0.1, 0.15) is 45.6 Å². The van der Waals surface area contributed by atoms with Crippen LogP contribution in [0.3, 0.4) is 0 Å². The number of para-hydroxylation sites is 1. The Balaban J connectivity index is 1.87. The predicted octanol–water partition coefficient (Wildman–Crippen LogP) is 4.23. The van der Waals surface area contributed by atoms with Crippen LogP contribution in [-0.2, 0) is 19.1 Å². The third-order valence-corrected chi connectivity index (χ3v) is 10.7. The Bertz CT molecular complexity index is 1060. The number of likely N-dealkylation sites (tertiary alicyclic amines) is 1. The van der Waals surface area contributed by atoms with Gasteiger partial charge in [0.25, 0.3) is 5.91 Å². The van der Waals surface area contributed by atoms with Crippen molar-refractivity contribution in [2.24, 2.45) is 17.8 Å². The Morgan fingerprint density at radius 3 is 2.73 bits per heavy atom. The quantitative estimate of drug-likeness (QED) is 0.348. The highest BCUT2D eigenvalue weighted by Crippen LogP contribution is 2.67. The van der Waals surface area contributed by atoms with Gasteiger partial charge in [-0.2, -0.15) is 0 Å². The first kappa shape index (κ1) is 28.0. The average molecular weight is 549 g/mol. The molecule has 3 aliphatic rings. The minimum atomic E-state index is -0.846. The fourth-order valence-corrected chi connectivity index (χ4v) is 9.09. The van der Waals surface area contributed by atoms with E-state index < -0.39 is 28.7 Å². The molecule has 3 saturated heterocycles. The lowest BCUT2D eigenvalue weighted by Crippen LogP contribution is -2.59. The smallest absolute Gasteiger partial charge is 0.310 e. The van der Waals surface area contributed by atoms with Crippen LogP contribution in [0.2, 0.25) is 5.02 Å². The molecule has 9 heteroatoms. The number of halogens is 1. The number of carbonyl (C=O) groups excluding carboxylic acids is 3. The number of aryl methyl sites for hydroxylation is 1.